The first-order valence-corrected chi connectivity index (χ1v) is 7.16. The van der Waals surface area contributed by atoms with Gasteiger partial charge in [-0.3, -0.25) is 0 Å². The van der Waals surface area contributed by atoms with Crippen molar-refractivity contribution in [2.75, 3.05) is 5.08 Å². The average molecular weight is 273 g/mol. The summed E-state index contributed by atoms with van der Waals surface area (Å²) in [6, 6.07) is 5.70. The van der Waals surface area contributed by atoms with Crippen molar-refractivity contribution in [3.05, 3.63) is 23.2 Å². The molecule has 76 valence electrons. The molecule has 0 spiro atoms. The van der Waals surface area contributed by atoms with E-state index in [0.717, 1.165) is 19.6 Å². The van der Waals surface area contributed by atoms with Gasteiger partial charge in [0.15, 0.2) is 4.34 Å². The second kappa shape index (κ2) is 5.08. The Morgan fingerprint density at radius 1 is 1.53 bits per heavy atom. The fourth-order valence-corrected chi connectivity index (χ4v) is 3.98. The van der Waals surface area contributed by atoms with Crippen LogP contribution in [0.5, 0.6) is 0 Å². The minimum absolute atomic E-state index is 0.702. The number of hydrogen-bond donors (Lipinski definition) is 0. The molecular weight excluding hydrogens is 268 g/mol. The predicted octanol–water partition coefficient (Wildman–Crippen LogP) is 4.21. The minimum atomic E-state index is 0.702. The summed E-state index contributed by atoms with van der Waals surface area (Å²) in [4.78, 5) is 4.42. The highest BCUT2D eigenvalue weighted by molar-refractivity contribution is 8.18. The number of thiazole rings is 1. The van der Waals surface area contributed by atoms with Crippen LogP contribution in [0.1, 0.15) is 0 Å². The fraction of sp³-hybridized carbons (Fsp3) is 0.111. The highest BCUT2D eigenvalue weighted by Gasteiger charge is 2.06. The van der Waals surface area contributed by atoms with E-state index in [4.69, 9.17) is 16.9 Å². The van der Waals surface area contributed by atoms with Gasteiger partial charge < -0.3 is 0 Å². The third-order valence-electron chi connectivity index (χ3n) is 1.65. The zero-order chi connectivity index (χ0) is 10.7. The standard InChI is InChI=1S/C9H5ClN2S3/c10-6-2-1-3-7-8(6)15-9(12-7)14-5-13-4-11/h1-3H,5H2. The van der Waals surface area contributed by atoms with Crippen molar-refractivity contribution in [3.63, 3.8) is 0 Å². The number of nitrogens with zero attached hydrogens (tertiary/aromatic N) is 2. The number of fused-ring (bicyclic) bond motifs is 1. The van der Waals surface area contributed by atoms with Gasteiger partial charge in [-0.2, -0.15) is 5.26 Å². The van der Waals surface area contributed by atoms with Crippen molar-refractivity contribution >= 4 is 56.7 Å². The van der Waals surface area contributed by atoms with Gasteiger partial charge in [0.1, 0.15) is 5.40 Å². The molecule has 0 N–H and O–H groups in total. The largest absolute Gasteiger partial charge is 0.230 e. The van der Waals surface area contributed by atoms with Crippen molar-refractivity contribution in [1.29, 1.82) is 5.26 Å². The number of halogens is 1. The quantitative estimate of drug-likeness (QED) is 0.363. The first kappa shape index (κ1) is 11.1. The summed E-state index contributed by atoms with van der Waals surface area (Å²) < 4.78 is 1.98. The number of aromatic nitrogens is 1. The summed E-state index contributed by atoms with van der Waals surface area (Å²) in [5.41, 5.74) is 0.928. The number of thioether (sulfide) groups is 2. The van der Waals surface area contributed by atoms with Crippen molar-refractivity contribution in [2.45, 2.75) is 4.34 Å². The number of hydrogen-bond acceptors (Lipinski definition) is 5. The van der Waals surface area contributed by atoms with Crippen LogP contribution in [0.3, 0.4) is 0 Å². The smallest absolute Gasteiger partial charge is 0.152 e. The van der Waals surface area contributed by atoms with Gasteiger partial charge in [-0.05, 0) is 23.9 Å². The Kier molecular flexibility index (Phi) is 3.76. The van der Waals surface area contributed by atoms with Crippen LogP contribution in [0.4, 0.5) is 0 Å². The molecular formula is C9H5ClN2S3. The summed E-state index contributed by atoms with van der Waals surface area (Å²) in [6.45, 7) is 0. The predicted molar refractivity (Wildman–Crippen MR) is 68.6 cm³/mol. The van der Waals surface area contributed by atoms with E-state index < -0.39 is 0 Å². The summed E-state index contributed by atoms with van der Waals surface area (Å²) in [6.07, 6.45) is 0. The van der Waals surface area contributed by atoms with Crippen molar-refractivity contribution in [3.8, 4) is 5.40 Å². The van der Waals surface area contributed by atoms with Gasteiger partial charge in [-0.15, -0.1) is 11.3 Å². The van der Waals surface area contributed by atoms with Crippen LogP contribution in [-0.4, -0.2) is 10.1 Å². The zero-order valence-electron chi connectivity index (χ0n) is 7.44. The van der Waals surface area contributed by atoms with Gasteiger partial charge in [0, 0.05) is 0 Å². The maximum atomic E-state index is 8.39. The van der Waals surface area contributed by atoms with Crippen LogP contribution in [0.15, 0.2) is 22.5 Å². The summed E-state index contributed by atoms with van der Waals surface area (Å²) >= 11 is 10.4. The lowest BCUT2D eigenvalue weighted by Gasteiger charge is -1.88. The number of benzene rings is 1. The van der Waals surface area contributed by atoms with Crippen molar-refractivity contribution < 1.29 is 0 Å². The monoisotopic (exact) mass is 272 g/mol. The topological polar surface area (TPSA) is 36.7 Å². The Hall–Kier alpha value is -0.410. The molecule has 0 aliphatic carbocycles. The van der Waals surface area contributed by atoms with E-state index in [2.05, 4.69) is 4.98 Å². The number of rotatable bonds is 3. The lowest BCUT2D eigenvalue weighted by Crippen LogP contribution is -1.70. The van der Waals surface area contributed by atoms with Gasteiger partial charge in [-0.25, -0.2) is 4.98 Å². The Morgan fingerprint density at radius 3 is 3.13 bits per heavy atom. The zero-order valence-corrected chi connectivity index (χ0v) is 10.6. The molecule has 1 heterocycles. The Balaban J connectivity index is 2.24. The molecule has 0 aliphatic heterocycles. The van der Waals surface area contributed by atoms with Crippen LogP contribution < -0.4 is 0 Å². The molecule has 1 aromatic heterocycles. The second-order valence-electron chi connectivity index (χ2n) is 2.57. The van der Waals surface area contributed by atoms with Crippen LogP contribution in [0, 0.1) is 10.7 Å². The number of thiocyanates is 1. The van der Waals surface area contributed by atoms with Crippen LogP contribution in [0.2, 0.25) is 5.02 Å². The first-order chi connectivity index (χ1) is 7.31. The molecule has 2 aromatic rings. The molecule has 0 atom stereocenters. The van der Waals surface area contributed by atoms with E-state index in [1.165, 1.54) is 11.8 Å². The van der Waals surface area contributed by atoms with Crippen molar-refractivity contribution in [2.24, 2.45) is 0 Å². The second-order valence-corrected chi connectivity index (χ2v) is 6.32. The van der Waals surface area contributed by atoms with Crippen LogP contribution in [0.25, 0.3) is 10.2 Å². The van der Waals surface area contributed by atoms with Crippen molar-refractivity contribution in [1.82, 2.24) is 4.98 Å². The Bertz CT molecular complexity index is 518. The van der Waals surface area contributed by atoms with Gasteiger partial charge in [0.2, 0.25) is 0 Å². The van der Waals surface area contributed by atoms with Crippen LogP contribution >= 0.6 is 46.5 Å². The van der Waals surface area contributed by atoms with E-state index in [-0.39, 0.29) is 0 Å². The Labute approximate surface area is 105 Å². The maximum Gasteiger partial charge on any atom is 0.152 e. The molecule has 0 bridgehead atoms. The highest BCUT2D eigenvalue weighted by atomic mass is 35.5. The molecule has 0 amide bonds. The average Bonchev–Trinajstić information content (AvgIpc) is 2.63. The molecule has 1 aromatic carbocycles. The van der Waals surface area contributed by atoms with Gasteiger partial charge in [0.05, 0.1) is 20.3 Å². The van der Waals surface area contributed by atoms with Gasteiger partial charge in [0.25, 0.3) is 0 Å². The molecule has 0 fully saturated rings. The lowest BCUT2D eigenvalue weighted by atomic mass is 10.3. The van der Waals surface area contributed by atoms with E-state index in [1.54, 1.807) is 23.1 Å². The summed E-state index contributed by atoms with van der Waals surface area (Å²) in [7, 11) is 0. The molecule has 0 saturated carbocycles. The number of nitriles is 1. The summed E-state index contributed by atoms with van der Waals surface area (Å²) in [5.74, 6) is 0. The first-order valence-electron chi connectivity index (χ1n) is 4.00. The Morgan fingerprint density at radius 2 is 2.40 bits per heavy atom. The van der Waals surface area contributed by atoms with Gasteiger partial charge in [-0.1, -0.05) is 29.4 Å². The van der Waals surface area contributed by atoms with Gasteiger partial charge >= 0.3 is 0 Å². The minimum Gasteiger partial charge on any atom is -0.230 e. The van der Waals surface area contributed by atoms with E-state index in [1.807, 2.05) is 23.6 Å². The van der Waals surface area contributed by atoms with E-state index >= 15 is 0 Å². The molecule has 15 heavy (non-hydrogen) atoms. The third kappa shape index (κ3) is 2.58. The van der Waals surface area contributed by atoms with E-state index in [9.17, 15) is 0 Å². The highest BCUT2D eigenvalue weighted by Crippen LogP contribution is 2.34. The molecule has 6 heteroatoms. The fourth-order valence-electron chi connectivity index (χ4n) is 1.06. The normalized spacial score (nSPS) is 10.4. The molecule has 0 unspecified atom stereocenters. The lowest BCUT2D eigenvalue weighted by molar-refractivity contribution is 1.31. The molecule has 0 saturated heterocycles. The molecule has 0 radical (unpaired) electrons. The van der Waals surface area contributed by atoms with E-state index in [0.29, 0.717) is 5.08 Å². The summed E-state index contributed by atoms with van der Waals surface area (Å²) in [5, 5.41) is 11.9. The third-order valence-corrected chi connectivity index (χ3v) is 4.99. The maximum absolute atomic E-state index is 8.39. The molecule has 2 nitrogen and oxygen atoms in total. The molecule has 2 rings (SSSR count). The van der Waals surface area contributed by atoms with Crippen LogP contribution in [-0.2, 0) is 0 Å². The molecule has 0 aliphatic rings. The SMILES string of the molecule is N#CSCSc1nc2cccc(Cl)c2s1.